The second kappa shape index (κ2) is 19.7. The molecule has 6 heteroatoms. The van der Waals surface area contributed by atoms with Gasteiger partial charge < -0.3 is 0 Å². The summed E-state index contributed by atoms with van der Waals surface area (Å²) in [5, 5.41) is 5.44. The fourth-order valence-corrected chi connectivity index (χ4v) is 7.35. The summed E-state index contributed by atoms with van der Waals surface area (Å²) in [4.78, 5) is 9.04. The molecule has 6 aromatic rings. The molecule has 0 aliphatic heterocycles. The van der Waals surface area contributed by atoms with E-state index in [4.69, 9.17) is 17.0 Å². The van der Waals surface area contributed by atoms with E-state index < -0.39 is 20.8 Å². The molecule has 0 N–H and O–H groups in total. The Balaban J connectivity index is 0.000000162. The standard InChI is InChI=1S/2C20H20N.C2H6Si.2ClH.Zr/c2*1-2-7-15(8-3-1)17-13-16-9-6-10-18(19(16)14-17)20-11-4-5-12-21-20;1-3-2;;;/h2*4-6,9-15H,1-3,7-8H2;1-2H3;2*1H;/q2*-1;;;;+4/p-2. The molecule has 0 amide bonds. The smallest absolute Gasteiger partial charge is 0.0607 e. The first kappa shape index (κ1) is 36.9. The Morgan fingerprint density at radius 1 is 0.583 bits per heavy atom. The third-order valence-corrected chi connectivity index (χ3v) is 9.58. The molecule has 2 heterocycles. The second-order valence-electron chi connectivity index (χ2n) is 12.9. The first-order chi connectivity index (χ1) is 23.7. The van der Waals surface area contributed by atoms with Gasteiger partial charge in [-0.3, -0.25) is 9.97 Å². The van der Waals surface area contributed by atoms with Crippen LogP contribution in [0.2, 0.25) is 13.1 Å². The molecule has 0 unspecified atom stereocenters. The summed E-state index contributed by atoms with van der Waals surface area (Å²) in [7, 11) is 11.0. The third-order valence-electron chi connectivity index (χ3n) is 9.58. The van der Waals surface area contributed by atoms with Gasteiger partial charge in [0.25, 0.3) is 0 Å². The van der Waals surface area contributed by atoms with Crippen molar-refractivity contribution < 1.29 is 20.8 Å². The van der Waals surface area contributed by atoms with Crippen molar-refractivity contribution in [3.05, 3.63) is 121 Å². The van der Waals surface area contributed by atoms with Gasteiger partial charge in [0.2, 0.25) is 0 Å². The van der Waals surface area contributed by atoms with Gasteiger partial charge in [-0.2, -0.15) is 12.1 Å². The predicted molar refractivity (Wildman–Crippen MR) is 206 cm³/mol. The minimum absolute atomic E-state index is 0.766. The maximum atomic E-state index is 4.93. The van der Waals surface area contributed by atoms with Crippen molar-refractivity contribution in [1.29, 1.82) is 0 Å². The number of benzene rings is 2. The van der Waals surface area contributed by atoms with Gasteiger partial charge in [-0.25, -0.2) is 0 Å². The average Bonchev–Trinajstić information content (AvgIpc) is 3.80. The van der Waals surface area contributed by atoms with Crippen LogP contribution < -0.4 is 0 Å². The van der Waals surface area contributed by atoms with Crippen molar-refractivity contribution in [2.75, 3.05) is 0 Å². The van der Waals surface area contributed by atoms with Crippen LogP contribution in [0.1, 0.15) is 87.2 Å². The van der Waals surface area contributed by atoms with Gasteiger partial charge in [0, 0.05) is 21.9 Å². The molecule has 2 radical (unpaired) electrons. The van der Waals surface area contributed by atoms with Gasteiger partial charge in [-0.05, 0) is 72.9 Å². The van der Waals surface area contributed by atoms with Gasteiger partial charge in [0.1, 0.15) is 0 Å². The molecular weight excluding hydrogens is 723 g/mol. The largest absolute Gasteiger partial charge is 0.257 e. The number of pyridine rings is 2. The first-order valence-corrected chi connectivity index (χ1v) is 25.8. The van der Waals surface area contributed by atoms with E-state index in [1.165, 1.54) is 108 Å². The van der Waals surface area contributed by atoms with Crippen LogP contribution in [0.15, 0.2) is 109 Å². The van der Waals surface area contributed by atoms with Crippen LogP contribution in [-0.4, -0.2) is 19.5 Å². The fraction of sp³-hybridized carbons (Fsp3) is 0.333. The van der Waals surface area contributed by atoms with Gasteiger partial charge in [0.05, 0.1) is 11.4 Å². The van der Waals surface area contributed by atoms with E-state index in [1.807, 2.05) is 24.5 Å². The molecule has 8 rings (SSSR count). The molecule has 0 spiro atoms. The summed E-state index contributed by atoms with van der Waals surface area (Å²) in [5.41, 5.74) is 7.74. The molecule has 2 nitrogen and oxygen atoms in total. The molecule has 246 valence electrons. The van der Waals surface area contributed by atoms with E-state index in [2.05, 4.69) is 108 Å². The minimum Gasteiger partial charge on any atom is -0.257 e. The Labute approximate surface area is 308 Å². The van der Waals surface area contributed by atoms with Crippen molar-refractivity contribution in [2.24, 2.45) is 0 Å². The Bertz CT molecular complexity index is 1660. The molecule has 2 aliphatic rings. The quantitative estimate of drug-likeness (QED) is 0.132. The van der Waals surface area contributed by atoms with Crippen LogP contribution in [0.5, 0.6) is 0 Å². The van der Waals surface area contributed by atoms with Gasteiger partial charge in [0.15, 0.2) is 0 Å². The van der Waals surface area contributed by atoms with E-state index >= 15 is 0 Å². The molecule has 2 saturated carbocycles. The van der Waals surface area contributed by atoms with E-state index in [9.17, 15) is 0 Å². The summed E-state index contributed by atoms with van der Waals surface area (Å²) in [6.07, 6.45) is 17.6. The molecule has 0 atom stereocenters. The van der Waals surface area contributed by atoms with E-state index in [0.29, 0.717) is 0 Å². The number of hydrogen-bond acceptors (Lipinski definition) is 2. The fourth-order valence-electron chi connectivity index (χ4n) is 7.35. The van der Waals surface area contributed by atoms with Crippen molar-refractivity contribution in [3.8, 4) is 22.5 Å². The van der Waals surface area contributed by atoms with Crippen LogP contribution in [0, 0.1) is 0 Å². The summed E-state index contributed by atoms with van der Waals surface area (Å²) in [6, 6.07) is 35.0. The molecule has 0 saturated heterocycles. The number of hydrogen-bond donors (Lipinski definition) is 0. The summed E-state index contributed by atoms with van der Waals surface area (Å²) in [5.74, 6) is 1.53. The number of rotatable bonds is 4. The van der Waals surface area contributed by atoms with Crippen molar-refractivity contribution in [1.82, 2.24) is 9.97 Å². The molecule has 48 heavy (non-hydrogen) atoms. The normalized spacial score (nSPS) is 14.9. The van der Waals surface area contributed by atoms with E-state index in [0.717, 1.165) is 32.7 Å². The topological polar surface area (TPSA) is 25.8 Å². The predicted octanol–water partition coefficient (Wildman–Crippen LogP) is 13.5. The van der Waals surface area contributed by atoms with Crippen molar-refractivity contribution in [3.63, 3.8) is 0 Å². The molecule has 4 aromatic carbocycles. The van der Waals surface area contributed by atoms with Gasteiger partial charge in [-0.1, -0.05) is 75.9 Å². The number of fused-ring (bicyclic) bond motifs is 2. The zero-order valence-corrected chi connectivity index (χ0v) is 33.2. The summed E-state index contributed by atoms with van der Waals surface area (Å²) >= 11 is -0.826. The summed E-state index contributed by atoms with van der Waals surface area (Å²) in [6.45, 7) is 4.31. The third kappa shape index (κ3) is 9.87. The van der Waals surface area contributed by atoms with Crippen LogP contribution >= 0.6 is 17.0 Å². The molecule has 2 aromatic heterocycles. The summed E-state index contributed by atoms with van der Waals surface area (Å²) < 4.78 is 0. The molecule has 2 aliphatic carbocycles. The zero-order chi connectivity index (χ0) is 33.6. The number of aromatic nitrogens is 2. The first-order valence-electron chi connectivity index (χ1n) is 17.4. The van der Waals surface area contributed by atoms with Crippen molar-refractivity contribution in [2.45, 2.75) is 89.1 Å². The number of halogens is 2. The maximum Gasteiger partial charge on any atom is 0.0607 e. The Morgan fingerprint density at radius 2 is 0.979 bits per heavy atom. The molecule has 2 fully saturated rings. The number of nitrogens with zero attached hydrogens (tertiary/aromatic N) is 2. The maximum absolute atomic E-state index is 4.93. The zero-order valence-electron chi connectivity index (χ0n) is 28.3. The second-order valence-corrected chi connectivity index (χ2v) is 17.6. The van der Waals surface area contributed by atoms with Crippen molar-refractivity contribution >= 4 is 48.1 Å². The molecular formula is C42H46Cl2N2SiZr. The van der Waals surface area contributed by atoms with E-state index in [-0.39, 0.29) is 0 Å². The monoisotopic (exact) mass is 766 g/mol. The van der Waals surface area contributed by atoms with Crippen LogP contribution in [0.25, 0.3) is 44.1 Å². The Morgan fingerprint density at radius 3 is 1.33 bits per heavy atom. The minimum atomic E-state index is -0.826. The van der Waals surface area contributed by atoms with Crippen LogP contribution in [0.3, 0.4) is 0 Å². The van der Waals surface area contributed by atoms with Gasteiger partial charge in [-0.15, -0.1) is 69.1 Å². The Hall–Kier alpha value is -2.36. The Kier molecular flexibility index (Phi) is 15.2. The SMILES string of the molecule is C[Si]C.[Cl][Zr+2][Cl].c1ccc(-c2cccc3[cH-]c(C4CCCCC4)cc23)nc1.c1ccc(-c2cccc3[cH-]c(C4CCCCC4)cc23)nc1. The van der Waals surface area contributed by atoms with Crippen LogP contribution in [0.4, 0.5) is 0 Å². The molecule has 0 bridgehead atoms. The average molecular weight is 769 g/mol. The van der Waals surface area contributed by atoms with Gasteiger partial charge >= 0.3 is 37.9 Å². The van der Waals surface area contributed by atoms with Crippen LogP contribution in [-0.2, 0) is 20.8 Å². The van der Waals surface area contributed by atoms with E-state index in [1.54, 1.807) is 0 Å².